The molecule has 2 amide bonds. The maximum absolute atomic E-state index is 13.2. The van der Waals surface area contributed by atoms with Gasteiger partial charge >= 0.3 is 6.18 Å². The summed E-state index contributed by atoms with van der Waals surface area (Å²) in [6.45, 7) is 4.07. The molecule has 0 saturated heterocycles. The third-order valence-electron chi connectivity index (χ3n) is 7.94. The van der Waals surface area contributed by atoms with Crippen molar-refractivity contribution in [1.82, 2.24) is 30.4 Å². The molecular formula is C29H35F5N6O3. The Labute approximate surface area is 244 Å². The lowest BCUT2D eigenvalue weighted by Crippen LogP contribution is -2.39. The summed E-state index contributed by atoms with van der Waals surface area (Å²) in [5, 5.41) is 9.88. The number of carbonyl (C=O) groups excluding carboxylic acids is 2. The Morgan fingerprint density at radius 2 is 1.86 bits per heavy atom. The molecule has 0 radical (unpaired) electrons. The third kappa shape index (κ3) is 7.34. The SMILES string of the molecule is CC(C)n1nccc1C(=O)N[C@@H](COC(C)C(F)(F)F)c1nc2ccc([C@H](NC(=O)CC3CC(F)(F)C3)C3CC3)cc2[nH]1. The fourth-order valence-corrected chi connectivity index (χ4v) is 5.39. The number of nitrogens with one attached hydrogen (secondary N) is 3. The van der Waals surface area contributed by atoms with Crippen LogP contribution in [-0.4, -0.2) is 56.4 Å². The summed E-state index contributed by atoms with van der Waals surface area (Å²) in [5.41, 5.74) is 2.09. The van der Waals surface area contributed by atoms with E-state index in [1.807, 2.05) is 19.9 Å². The van der Waals surface area contributed by atoms with E-state index in [4.69, 9.17) is 4.74 Å². The molecule has 3 aromatic rings. The number of H-pyrrole nitrogens is 1. The Morgan fingerprint density at radius 1 is 1.14 bits per heavy atom. The Hall–Kier alpha value is -3.55. The van der Waals surface area contributed by atoms with Crippen LogP contribution in [0.4, 0.5) is 22.0 Å². The highest BCUT2D eigenvalue weighted by molar-refractivity contribution is 5.92. The van der Waals surface area contributed by atoms with Gasteiger partial charge < -0.3 is 20.4 Å². The Morgan fingerprint density at radius 3 is 2.49 bits per heavy atom. The van der Waals surface area contributed by atoms with Gasteiger partial charge in [-0.05, 0) is 69.2 Å². The molecule has 0 bridgehead atoms. The predicted molar refractivity (Wildman–Crippen MR) is 146 cm³/mol. The number of rotatable bonds is 12. The molecule has 2 aliphatic rings. The minimum atomic E-state index is -4.59. The van der Waals surface area contributed by atoms with Crippen molar-refractivity contribution in [2.75, 3.05) is 6.61 Å². The molecule has 0 aliphatic heterocycles. The van der Waals surface area contributed by atoms with E-state index in [9.17, 15) is 31.5 Å². The molecule has 2 saturated carbocycles. The standard InChI is InChI=1S/C29H35F5N6O3/c1-15(2)40-23(8-9-35-40)27(42)38-22(14-43-16(3)29(32,33)34)26-36-20-7-6-19(11-21(20)37-26)25(18-4-5-18)39-24(41)10-17-12-28(30,31)13-17/h6-9,11,15-18,22,25H,4-5,10,12-14H2,1-3H3,(H,36,37)(H,38,42)(H,39,41)/t16?,22-,25+/m0/s1. The summed E-state index contributed by atoms with van der Waals surface area (Å²) in [5.74, 6) is -3.44. The highest BCUT2D eigenvalue weighted by Crippen LogP contribution is 2.45. The van der Waals surface area contributed by atoms with Gasteiger partial charge in [-0.3, -0.25) is 14.3 Å². The lowest BCUT2D eigenvalue weighted by Gasteiger charge is -2.34. The van der Waals surface area contributed by atoms with Gasteiger partial charge in [-0.1, -0.05) is 6.07 Å². The second-order valence-corrected chi connectivity index (χ2v) is 11.9. The highest BCUT2D eigenvalue weighted by Gasteiger charge is 2.46. The van der Waals surface area contributed by atoms with Gasteiger partial charge in [0.1, 0.15) is 17.6 Å². The summed E-state index contributed by atoms with van der Waals surface area (Å²) < 4.78 is 72.6. The molecule has 2 aromatic heterocycles. The van der Waals surface area contributed by atoms with Crippen molar-refractivity contribution in [1.29, 1.82) is 0 Å². The van der Waals surface area contributed by atoms with Crippen LogP contribution in [0.15, 0.2) is 30.5 Å². The minimum Gasteiger partial charge on any atom is -0.366 e. The Balaban J connectivity index is 1.35. The van der Waals surface area contributed by atoms with Gasteiger partial charge in [-0.25, -0.2) is 13.8 Å². The molecular weight excluding hydrogens is 575 g/mol. The zero-order valence-electron chi connectivity index (χ0n) is 24.0. The number of aromatic amines is 1. The first-order valence-corrected chi connectivity index (χ1v) is 14.4. The first kappa shape index (κ1) is 30.9. The van der Waals surface area contributed by atoms with Crippen LogP contribution in [0, 0.1) is 11.8 Å². The molecule has 3 atom stereocenters. The summed E-state index contributed by atoms with van der Waals surface area (Å²) in [6, 6.07) is 5.36. The second kappa shape index (κ2) is 11.9. The molecule has 2 fully saturated rings. The predicted octanol–water partition coefficient (Wildman–Crippen LogP) is 5.78. The van der Waals surface area contributed by atoms with Crippen molar-refractivity contribution in [3.05, 3.63) is 47.5 Å². The zero-order valence-corrected chi connectivity index (χ0v) is 24.0. The van der Waals surface area contributed by atoms with Crippen LogP contribution in [0.1, 0.15) is 92.9 Å². The molecule has 3 N–H and O–H groups in total. The topological polar surface area (TPSA) is 114 Å². The van der Waals surface area contributed by atoms with Crippen LogP contribution in [0.3, 0.4) is 0 Å². The second-order valence-electron chi connectivity index (χ2n) is 11.9. The van der Waals surface area contributed by atoms with E-state index in [-0.39, 0.29) is 60.6 Å². The average molecular weight is 611 g/mol. The molecule has 2 heterocycles. The fraction of sp³-hybridized carbons (Fsp3) is 0.586. The lowest BCUT2D eigenvalue weighted by molar-refractivity contribution is -0.215. The van der Waals surface area contributed by atoms with Gasteiger partial charge in [0, 0.05) is 31.5 Å². The van der Waals surface area contributed by atoms with Crippen molar-refractivity contribution in [2.45, 2.75) is 89.2 Å². The number of halogens is 5. The normalized spacial score (nSPS) is 19.2. The van der Waals surface area contributed by atoms with Crippen LogP contribution in [0.25, 0.3) is 11.0 Å². The van der Waals surface area contributed by atoms with Crippen molar-refractivity contribution >= 4 is 22.8 Å². The third-order valence-corrected chi connectivity index (χ3v) is 7.94. The molecule has 2 aliphatic carbocycles. The van der Waals surface area contributed by atoms with E-state index in [1.54, 1.807) is 12.1 Å². The maximum atomic E-state index is 13.2. The largest absolute Gasteiger partial charge is 0.414 e. The van der Waals surface area contributed by atoms with Gasteiger partial charge in [0.05, 0.1) is 23.7 Å². The molecule has 9 nitrogen and oxygen atoms in total. The van der Waals surface area contributed by atoms with Crippen LogP contribution < -0.4 is 10.6 Å². The number of amides is 2. The van der Waals surface area contributed by atoms with Crippen LogP contribution in [0.5, 0.6) is 0 Å². The average Bonchev–Trinajstić information content (AvgIpc) is 3.45. The number of hydrogen-bond donors (Lipinski definition) is 3. The van der Waals surface area contributed by atoms with E-state index in [2.05, 4.69) is 25.7 Å². The van der Waals surface area contributed by atoms with Gasteiger partial charge in [0.2, 0.25) is 11.8 Å². The quantitative estimate of drug-likeness (QED) is 0.225. The molecule has 234 valence electrons. The van der Waals surface area contributed by atoms with Gasteiger partial charge in [-0.2, -0.15) is 18.3 Å². The molecule has 1 unspecified atom stereocenters. The molecule has 0 spiro atoms. The summed E-state index contributed by atoms with van der Waals surface area (Å²) in [4.78, 5) is 33.5. The van der Waals surface area contributed by atoms with Crippen molar-refractivity contribution in [3.63, 3.8) is 0 Å². The number of carbonyl (C=O) groups is 2. The minimum absolute atomic E-state index is 0.0443. The van der Waals surface area contributed by atoms with Crippen LogP contribution in [0.2, 0.25) is 0 Å². The van der Waals surface area contributed by atoms with E-state index < -0.39 is 36.8 Å². The number of fused-ring (bicyclic) bond motifs is 1. The van der Waals surface area contributed by atoms with Crippen LogP contribution >= 0.6 is 0 Å². The smallest absolute Gasteiger partial charge is 0.366 e. The van der Waals surface area contributed by atoms with Crippen molar-refractivity contribution in [2.24, 2.45) is 11.8 Å². The van der Waals surface area contributed by atoms with E-state index >= 15 is 0 Å². The summed E-state index contributed by atoms with van der Waals surface area (Å²) >= 11 is 0. The monoisotopic (exact) mass is 610 g/mol. The van der Waals surface area contributed by atoms with Crippen molar-refractivity contribution < 1.29 is 36.3 Å². The van der Waals surface area contributed by atoms with E-state index in [1.165, 1.54) is 16.9 Å². The summed E-state index contributed by atoms with van der Waals surface area (Å²) in [7, 11) is 0. The van der Waals surface area contributed by atoms with Crippen LogP contribution in [-0.2, 0) is 9.53 Å². The van der Waals surface area contributed by atoms with Gasteiger partial charge in [0.25, 0.3) is 5.91 Å². The number of aromatic nitrogens is 4. The number of imidazole rings is 1. The molecule has 1 aromatic carbocycles. The van der Waals surface area contributed by atoms with Gasteiger partial charge in [0.15, 0.2) is 6.10 Å². The first-order chi connectivity index (χ1) is 20.2. The fourth-order valence-electron chi connectivity index (χ4n) is 5.39. The molecule has 14 heteroatoms. The van der Waals surface area contributed by atoms with E-state index in [0.29, 0.717) is 11.0 Å². The Kier molecular flexibility index (Phi) is 8.52. The summed E-state index contributed by atoms with van der Waals surface area (Å²) in [6.07, 6.45) is -3.88. The Bertz CT molecular complexity index is 1460. The molecule has 5 rings (SSSR count). The zero-order chi connectivity index (χ0) is 31.1. The maximum Gasteiger partial charge on any atom is 0.414 e. The van der Waals surface area contributed by atoms with E-state index in [0.717, 1.165) is 25.3 Å². The number of alkyl halides is 5. The van der Waals surface area contributed by atoms with Gasteiger partial charge in [-0.15, -0.1) is 0 Å². The molecule has 43 heavy (non-hydrogen) atoms. The lowest BCUT2D eigenvalue weighted by atomic mass is 9.79. The number of nitrogens with zero attached hydrogens (tertiary/aromatic N) is 3. The van der Waals surface area contributed by atoms with Crippen molar-refractivity contribution in [3.8, 4) is 0 Å². The number of ether oxygens (including phenoxy) is 1. The highest BCUT2D eigenvalue weighted by atomic mass is 19.4. The number of hydrogen-bond acceptors (Lipinski definition) is 5. The first-order valence-electron chi connectivity index (χ1n) is 14.4. The number of benzene rings is 1.